The molecule has 0 aliphatic carbocycles. The third kappa shape index (κ3) is 2.88. The Bertz CT molecular complexity index is 635. The Hall–Kier alpha value is -1.74. The second-order valence-electron chi connectivity index (χ2n) is 5.23. The van der Waals surface area contributed by atoms with Gasteiger partial charge in [0.05, 0.1) is 6.10 Å². The van der Waals surface area contributed by atoms with Crippen LogP contribution in [0.4, 0.5) is 8.78 Å². The van der Waals surface area contributed by atoms with Crippen LogP contribution >= 0.6 is 0 Å². The van der Waals surface area contributed by atoms with Crippen LogP contribution in [0.5, 0.6) is 0 Å². The molecule has 0 aliphatic heterocycles. The summed E-state index contributed by atoms with van der Waals surface area (Å²) in [5.74, 6) is -1.76. The first-order valence-corrected chi connectivity index (χ1v) is 6.59. The Morgan fingerprint density at radius 1 is 1.00 bits per heavy atom. The van der Waals surface area contributed by atoms with E-state index in [0.717, 1.165) is 28.3 Å². The second-order valence-corrected chi connectivity index (χ2v) is 5.23. The molecule has 0 aromatic heterocycles. The van der Waals surface area contributed by atoms with Gasteiger partial charge in [0.25, 0.3) is 0 Å². The molecule has 0 saturated carbocycles. The molecular weight excluding hydrogens is 258 g/mol. The number of aryl methyl sites for hydroxylation is 3. The molecule has 20 heavy (non-hydrogen) atoms. The third-order valence-electron chi connectivity index (χ3n) is 3.69. The molecule has 2 aromatic rings. The predicted molar refractivity (Wildman–Crippen MR) is 75.7 cm³/mol. The van der Waals surface area contributed by atoms with E-state index < -0.39 is 17.7 Å². The Kier molecular flexibility index (Phi) is 4.19. The molecule has 1 nitrogen and oxygen atoms in total. The van der Waals surface area contributed by atoms with E-state index in [1.807, 2.05) is 32.9 Å². The molecule has 0 saturated heterocycles. The maximum Gasteiger partial charge on any atom is 0.162 e. The summed E-state index contributed by atoms with van der Waals surface area (Å²) in [5.41, 5.74) is 4.13. The monoisotopic (exact) mass is 276 g/mol. The summed E-state index contributed by atoms with van der Waals surface area (Å²) in [6.07, 6.45) is -0.780. The van der Waals surface area contributed by atoms with Gasteiger partial charge in [-0.3, -0.25) is 0 Å². The lowest BCUT2D eigenvalue weighted by Crippen LogP contribution is -2.07. The topological polar surface area (TPSA) is 20.2 Å². The van der Waals surface area contributed by atoms with Gasteiger partial charge in [-0.1, -0.05) is 24.3 Å². The lowest BCUT2D eigenvalue weighted by Gasteiger charge is -2.16. The van der Waals surface area contributed by atoms with Crippen molar-refractivity contribution in [2.24, 2.45) is 0 Å². The summed E-state index contributed by atoms with van der Waals surface area (Å²) in [6, 6.07) is 7.93. The molecule has 106 valence electrons. The van der Waals surface area contributed by atoms with Gasteiger partial charge in [0.2, 0.25) is 0 Å². The average Bonchev–Trinajstić information content (AvgIpc) is 2.39. The Labute approximate surface area is 117 Å². The molecule has 1 atom stereocenters. The lowest BCUT2D eigenvalue weighted by molar-refractivity contribution is 0.176. The van der Waals surface area contributed by atoms with E-state index in [-0.39, 0.29) is 12.0 Å². The first-order valence-electron chi connectivity index (χ1n) is 6.59. The number of benzene rings is 2. The van der Waals surface area contributed by atoms with Crippen molar-refractivity contribution in [1.82, 2.24) is 0 Å². The first kappa shape index (κ1) is 14.7. The molecular formula is C17H18F2O. The van der Waals surface area contributed by atoms with Crippen LogP contribution in [0.3, 0.4) is 0 Å². The van der Waals surface area contributed by atoms with E-state index >= 15 is 0 Å². The summed E-state index contributed by atoms with van der Waals surface area (Å²) in [5, 5.41) is 10.3. The summed E-state index contributed by atoms with van der Waals surface area (Å²) in [7, 11) is 0. The summed E-state index contributed by atoms with van der Waals surface area (Å²) in [4.78, 5) is 0. The van der Waals surface area contributed by atoms with Crippen LogP contribution in [-0.4, -0.2) is 5.11 Å². The fourth-order valence-electron chi connectivity index (χ4n) is 2.37. The number of aliphatic hydroxyl groups excluding tert-OH is 1. The number of aliphatic hydroxyl groups is 1. The molecule has 1 N–H and O–H groups in total. The molecule has 1 unspecified atom stereocenters. The van der Waals surface area contributed by atoms with Crippen LogP contribution in [0.2, 0.25) is 0 Å². The van der Waals surface area contributed by atoms with Crippen LogP contribution in [-0.2, 0) is 6.42 Å². The van der Waals surface area contributed by atoms with Gasteiger partial charge in [0, 0.05) is 6.42 Å². The van der Waals surface area contributed by atoms with Gasteiger partial charge in [-0.05, 0) is 54.7 Å². The molecule has 0 fully saturated rings. The molecule has 2 aromatic carbocycles. The zero-order chi connectivity index (χ0) is 14.9. The Balaban J connectivity index is 2.31. The highest BCUT2D eigenvalue weighted by Gasteiger charge is 2.16. The third-order valence-corrected chi connectivity index (χ3v) is 3.69. The van der Waals surface area contributed by atoms with Gasteiger partial charge in [-0.2, -0.15) is 0 Å². The molecule has 0 spiro atoms. The maximum absolute atomic E-state index is 13.6. The molecule has 0 aliphatic rings. The Morgan fingerprint density at radius 3 is 2.35 bits per heavy atom. The van der Waals surface area contributed by atoms with Gasteiger partial charge >= 0.3 is 0 Å². The van der Waals surface area contributed by atoms with E-state index in [1.54, 1.807) is 0 Å². The standard InChI is InChI=1S/C17H18F2O/c1-10-7-12(3)14(8-11(10)2)16(20)9-13-5-4-6-15(18)17(13)19/h4-8,16,20H,9H2,1-3H3. The normalized spacial score (nSPS) is 12.5. The smallest absolute Gasteiger partial charge is 0.162 e. The van der Waals surface area contributed by atoms with Crippen LogP contribution in [0, 0.1) is 32.4 Å². The van der Waals surface area contributed by atoms with Crippen molar-refractivity contribution in [1.29, 1.82) is 0 Å². The summed E-state index contributed by atoms with van der Waals surface area (Å²) >= 11 is 0. The largest absolute Gasteiger partial charge is 0.388 e. The van der Waals surface area contributed by atoms with Gasteiger partial charge < -0.3 is 5.11 Å². The van der Waals surface area contributed by atoms with Crippen molar-refractivity contribution in [3.63, 3.8) is 0 Å². The lowest BCUT2D eigenvalue weighted by atomic mass is 9.94. The Morgan fingerprint density at radius 2 is 1.65 bits per heavy atom. The fraction of sp³-hybridized carbons (Fsp3) is 0.294. The number of hydrogen-bond donors (Lipinski definition) is 1. The van der Waals surface area contributed by atoms with Crippen molar-refractivity contribution in [2.75, 3.05) is 0 Å². The minimum absolute atomic E-state index is 0.0624. The van der Waals surface area contributed by atoms with Crippen LogP contribution in [0.15, 0.2) is 30.3 Å². The number of rotatable bonds is 3. The summed E-state index contributed by atoms with van der Waals surface area (Å²) in [6.45, 7) is 5.88. The quantitative estimate of drug-likeness (QED) is 0.892. The zero-order valence-electron chi connectivity index (χ0n) is 11.9. The van der Waals surface area contributed by atoms with Crippen LogP contribution in [0.1, 0.15) is 33.9 Å². The zero-order valence-corrected chi connectivity index (χ0v) is 11.9. The van der Waals surface area contributed by atoms with E-state index in [1.165, 1.54) is 12.1 Å². The summed E-state index contributed by atoms with van der Waals surface area (Å²) < 4.78 is 26.8. The van der Waals surface area contributed by atoms with E-state index in [2.05, 4.69) is 0 Å². The van der Waals surface area contributed by atoms with Crippen LogP contribution in [0.25, 0.3) is 0 Å². The van der Waals surface area contributed by atoms with E-state index in [4.69, 9.17) is 0 Å². The molecule has 0 amide bonds. The van der Waals surface area contributed by atoms with Crippen molar-refractivity contribution in [2.45, 2.75) is 33.3 Å². The molecule has 2 rings (SSSR count). The average molecular weight is 276 g/mol. The van der Waals surface area contributed by atoms with Gasteiger partial charge in [0.15, 0.2) is 11.6 Å². The molecule has 0 heterocycles. The highest BCUT2D eigenvalue weighted by atomic mass is 19.2. The number of hydrogen-bond acceptors (Lipinski definition) is 1. The molecule has 0 bridgehead atoms. The van der Waals surface area contributed by atoms with Crippen LogP contribution < -0.4 is 0 Å². The van der Waals surface area contributed by atoms with Crippen molar-refractivity contribution in [3.05, 3.63) is 69.8 Å². The van der Waals surface area contributed by atoms with E-state index in [0.29, 0.717) is 0 Å². The van der Waals surface area contributed by atoms with Gasteiger partial charge in [-0.15, -0.1) is 0 Å². The minimum atomic E-state index is -0.883. The van der Waals surface area contributed by atoms with Crippen molar-refractivity contribution >= 4 is 0 Å². The first-order chi connectivity index (χ1) is 9.40. The maximum atomic E-state index is 13.6. The fourth-order valence-corrected chi connectivity index (χ4v) is 2.37. The highest BCUT2D eigenvalue weighted by molar-refractivity contribution is 5.38. The van der Waals surface area contributed by atoms with Crippen molar-refractivity contribution < 1.29 is 13.9 Å². The van der Waals surface area contributed by atoms with Crippen molar-refractivity contribution in [3.8, 4) is 0 Å². The predicted octanol–water partition coefficient (Wildman–Crippen LogP) is 4.17. The number of halogens is 2. The highest BCUT2D eigenvalue weighted by Crippen LogP contribution is 2.26. The SMILES string of the molecule is Cc1cc(C)c(C(O)Cc2cccc(F)c2F)cc1C. The second kappa shape index (κ2) is 5.71. The van der Waals surface area contributed by atoms with E-state index in [9.17, 15) is 13.9 Å². The minimum Gasteiger partial charge on any atom is -0.388 e. The van der Waals surface area contributed by atoms with Gasteiger partial charge in [0.1, 0.15) is 0 Å². The molecule has 3 heteroatoms. The van der Waals surface area contributed by atoms with Gasteiger partial charge in [-0.25, -0.2) is 8.78 Å². The molecule has 0 radical (unpaired) electrons.